The normalized spacial score (nSPS) is 11.0. The Hall–Kier alpha value is -2.31. The molecule has 0 bridgehead atoms. The molecule has 3 rings (SSSR count). The Morgan fingerprint density at radius 1 is 1.20 bits per heavy atom. The van der Waals surface area contributed by atoms with Gasteiger partial charge < -0.3 is 5.32 Å². The Kier molecular flexibility index (Phi) is 1.52. The molecule has 1 N–H and O–H groups in total. The van der Waals surface area contributed by atoms with Gasteiger partial charge in [0, 0.05) is 19.4 Å². The smallest absolute Gasteiger partial charge is 0.205 e. The fourth-order valence-electron chi connectivity index (χ4n) is 1.46. The monoisotopic (exact) mass is 201 g/mol. The molecule has 3 heterocycles. The van der Waals surface area contributed by atoms with Gasteiger partial charge in [-0.3, -0.25) is 0 Å². The second kappa shape index (κ2) is 2.84. The number of hydrogen-bond acceptors (Lipinski definition) is 6. The summed E-state index contributed by atoms with van der Waals surface area (Å²) in [5.74, 6) is 0.658. The average molecular weight is 201 g/mol. The second-order valence-corrected chi connectivity index (χ2v) is 2.95. The molecule has 3 aromatic heterocycles. The van der Waals surface area contributed by atoms with E-state index in [-0.39, 0.29) is 0 Å². The van der Waals surface area contributed by atoms with Crippen LogP contribution >= 0.6 is 0 Å². The van der Waals surface area contributed by atoms with Gasteiger partial charge in [0.25, 0.3) is 0 Å². The van der Waals surface area contributed by atoms with E-state index in [9.17, 15) is 0 Å². The van der Waals surface area contributed by atoms with Crippen LogP contribution in [0.3, 0.4) is 0 Å². The Labute approximate surface area is 84.2 Å². The van der Waals surface area contributed by atoms with Crippen molar-refractivity contribution in [2.75, 3.05) is 12.4 Å². The minimum Gasteiger partial charge on any atom is -0.370 e. The van der Waals surface area contributed by atoms with Crippen LogP contribution in [0.5, 0.6) is 0 Å². The third-order valence-electron chi connectivity index (χ3n) is 2.11. The molecule has 74 valence electrons. The zero-order valence-corrected chi connectivity index (χ0v) is 7.92. The summed E-state index contributed by atoms with van der Waals surface area (Å²) < 4.78 is 1.57. The van der Waals surface area contributed by atoms with Crippen LogP contribution < -0.4 is 5.32 Å². The standard InChI is InChI=1S/C8H7N7/c1-9-7-5-6(11-3-2-10-5)8-13-12-4-15(8)14-7/h2-4H,1H3,(H,9,14). The van der Waals surface area contributed by atoms with E-state index in [0.29, 0.717) is 22.5 Å². The van der Waals surface area contributed by atoms with Crippen LogP contribution in [0, 0.1) is 0 Å². The van der Waals surface area contributed by atoms with E-state index in [2.05, 4.69) is 30.6 Å². The molecule has 0 aliphatic rings. The Bertz CT molecular complexity index is 629. The second-order valence-electron chi connectivity index (χ2n) is 2.95. The van der Waals surface area contributed by atoms with Gasteiger partial charge in [0.2, 0.25) is 5.65 Å². The van der Waals surface area contributed by atoms with Gasteiger partial charge in [-0.2, -0.15) is 4.52 Å². The molecule has 0 radical (unpaired) electrons. The van der Waals surface area contributed by atoms with Gasteiger partial charge in [0.05, 0.1) is 0 Å². The maximum absolute atomic E-state index is 4.26. The molecule has 0 fully saturated rings. The van der Waals surface area contributed by atoms with E-state index in [4.69, 9.17) is 0 Å². The van der Waals surface area contributed by atoms with Crippen molar-refractivity contribution in [2.45, 2.75) is 0 Å². The van der Waals surface area contributed by atoms with Crippen molar-refractivity contribution < 1.29 is 0 Å². The van der Waals surface area contributed by atoms with Crippen molar-refractivity contribution in [1.29, 1.82) is 0 Å². The third kappa shape index (κ3) is 1.03. The number of hydrogen-bond donors (Lipinski definition) is 1. The zero-order chi connectivity index (χ0) is 10.3. The molecule has 7 heteroatoms. The van der Waals surface area contributed by atoms with E-state index >= 15 is 0 Å². The largest absolute Gasteiger partial charge is 0.370 e. The molecule has 0 aliphatic carbocycles. The first kappa shape index (κ1) is 8.04. The molecule has 0 spiro atoms. The van der Waals surface area contributed by atoms with Crippen molar-refractivity contribution in [3.05, 3.63) is 18.7 Å². The lowest BCUT2D eigenvalue weighted by atomic mass is 10.4. The summed E-state index contributed by atoms with van der Waals surface area (Å²) in [5.41, 5.74) is 1.99. The van der Waals surface area contributed by atoms with E-state index in [1.165, 1.54) is 6.33 Å². The van der Waals surface area contributed by atoms with Gasteiger partial charge >= 0.3 is 0 Å². The maximum Gasteiger partial charge on any atom is 0.205 e. The molecular weight excluding hydrogens is 194 g/mol. The lowest BCUT2D eigenvalue weighted by Crippen LogP contribution is -2.02. The van der Waals surface area contributed by atoms with Crippen molar-refractivity contribution in [3.8, 4) is 0 Å². The number of nitrogens with one attached hydrogen (secondary N) is 1. The number of aromatic nitrogens is 6. The summed E-state index contributed by atoms with van der Waals surface area (Å²) in [5, 5.41) is 14.9. The van der Waals surface area contributed by atoms with Gasteiger partial charge in [-0.15, -0.1) is 15.3 Å². The van der Waals surface area contributed by atoms with E-state index < -0.39 is 0 Å². The molecule has 0 atom stereocenters. The van der Waals surface area contributed by atoms with Gasteiger partial charge in [-0.05, 0) is 0 Å². The summed E-state index contributed by atoms with van der Waals surface area (Å²) in [6.07, 6.45) is 4.78. The Balaban J connectivity index is 2.58. The highest BCUT2D eigenvalue weighted by Crippen LogP contribution is 2.18. The molecule has 15 heavy (non-hydrogen) atoms. The van der Waals surface area contributed by atoms with Crippen molar-refractivity contribution in [3.63, 3.8) is 0 Å². The first-order valence-electron chi connectivity index (χ1n) is 4.38. The number of nitrogens with zero attached hydrogens (tertiary/aromatic N) is 6. The Morgan fingerprint density at radius 3 is 2.80 bits per heavy atom. The van der Waals surface area contributed by atoms with Crippen LogP contribution in [-0.2, 0) is 0 Å². The van der Waals surface area contributed by atoms with Gasteiger partial charge in [0.15, 0.2) is 5.82 Å². The highest BCUT2D eigenvalue weighted by molar-refractivity contribution is 5.93. The molecule has 0 saturated carbocycles. The predicted molar refractivity (Wildman–Crippen MR) is 53.4 cm³/mol. The SMILES string of the molecule is CNc1nn2cnnc2c2nccnc12. The molecule has 3 aromatic rings. The van der Waals surface area contributed by atoms with Crippen molar-refractivity contribution >= 4 is 22.5 Å². The summed E-state index contributed by atoms with van der Waals surface area (Å²) in [6, 6.07) is 0. The minimum absolute atomic E-state index is 0.608. The van der Waals surface area contributed by atoms with E-state index in [1.807, 2.05) is 0 Å². The minimum atomic E-state index is 0.608. The van der Waals surface area contributed by atoms with Gasteiger partial charge in [-0.1, -0.05) is 0 Å². The first-order chi connectivity index (χ1) is 7.40. The Morgan fingerprint density at radius 2 is 2.00 bits per heavy atom. The first-order valence-corrected chi connectivity index (χ1v) is 4.38. The van der Waals surface area contributed by atoms with Gasteiger partial charge in [0.1, 0.15) is 17.4 Å². The summed E-state index contributed by atoms with van der Waals surface area (Å²) in [4.78, 5) is 8.44. The highest BCUT2D eigenvalue weighted by atomic mass is 15.4. The summed E-state index contributed by atoms with van der Waals surface area (Å²) >= 11 is 0. The lowest BCUT2D eigenvalue weighted by molar-refractivity contribution is 0.933. The van der Waals surface area contributed by atoms with Crippen molar-refractivity contribution in [2.24, 2.45) is 0 Å². The predicted octanol–water partition coefficient (Wildman–Crippen LogP) is 0.109. The zero-order valence-electron chi connectivity index (χ0n) is 7.92. The van der Waals surface area contributed by atoms with Gasteiger partial charge in [-0.25, -0.2) is 9.97 Å². The fourth-order valence-corrected chi connectivity index (χ4v) is 1.46. The lowest BCUT2D eigenvalue weighted by Gasteiger charge is -2.03. The van der Waals surface area contributed by atoms with Crippen molar-refractivity contribution in [1.82, 2.24) is 29.8 Å². The topological polar surface area (TPSA) is 80.9 Å². The molecule has 0 aliphatic heterocycles. The van der Waals surface area contributed by atoms with Crippen LogP contribution in [0.25, 0.3) is 16.7 Å². The molecule has 0 saturated heterocycles. The van der Waals surface area contributed by atoms with E-state index in [1.54, 1.807) is 24.0 Å². The molecule has 0 aromatic carbocycles. The van der Waals surface area contributed by atoms with Crippen LogP contribution in [0.1, 0.15) is 0 Å². The summed E-state index contributed by atoms with van der Waals surface area (Å²) in [7, 11) is 1.78. The van der Waals surface area contributed by atoms with E-state index in [0.717, 1.165) is 0 Å². The number of rotatable bonds is 1. The fraction of sp³-hybridized carbons (Fsp3) is 0.125. The summed E-state index contributed by atoms with van der Waals surface area (Å²) in [6.45, 7) is 0. The van der Waals surface area contributed by atoms with Crippen LogP contribution in [0.4, 0.5) is 5.82 Å². The number of fused-ring (bicyclic) bond motifs is 3. The molecular formula is C8H7N7. The quantitative estimate of drug-likeness (QED) is 0.601. The van der Waals surface area contributed by atoms with Crippen LogP contribution in [-0.4, -0.2) is 36.8 Å². The third-order valence-corrected chi connectivity index (χ3v) is 2.11. The average Bonchev–Trinajstić information content (AvgIpc) is 2.76. The molecule has 0 unspecified atom stereocenters. The van der Waals surface area contributed by atoms with Crippen LogP contribution in [0.2, 0.25) is 0 Å². The molecule has 7 nitrogen and oxygen atoms in total. The maximum atomic E-state index is 4.26. The number of anilines is 1. The highest BCUT2D eigenvalue weighted by Gasteiger charge is 2.10. The van der Waals surface area contributed by atoms with Crippen LogP contribution in [0.15, 0.2) is 18.7 Å². The molecule has 0 amide bonds.